The third-order valence-electron chi connectivity index (χ3n) is 1.95. The van der Waals surface area contributed by atoms with E-state index in [2.05, 4.69) is 15.3 Å². The van der Waals surface area contributed by atoms with Crippen molar-refractivity contribution >= 4 is 17.6 Å². The van der Waals surface area contributed by atoms with Gasteiger partial charge in [0.2, 0.25) is 5.78 Å². The van der Waals surface area contributed by atoms with Crippen LogP contribution in [0.15, 0.2) is 35.5 Å². The van der Waals surface area contributed by atoms with Gasteiger partial charge in [0.15, 0.2) is 0 Å². The first kappa shape index (κ1) is 12.9. The number of benzene rings is 1. The van der Waals surface area contributed by atoms with Crippen LogP contribution in [0.4, 0.5) is 4.79 Å². The summed E-state index contributed by atoms with van der Waals surface area (Å²) in [5.74, 6) is -0.269. The normalized spacial score (nSPS) is 10.8. The summed E-state index contributed by atoms with van der Waals surface area (Å²) in [6.45, 7) is 3.70. The molecule has 1 rings (SSSR count). The second-order valence-corrected chi connectivity index (χ2v) is 3.28. The summed E-state index contributed by atoms with van der Waals surface area (Å²) in [7, 11) is 0. The molecule has 1 aromatic carbocycles. The number of nitrogens with one attached hydrogen (secondary N) is 1. The summed E-state index contributed by atoms with van der Waals surface area (Å²) in [4.78, 5) is 27.2. The Labute approximate surface area is 99.5 Å². The molecule has 0 atom stereocenters. The molecule has 5 heteroatoms. The van der Waals surface area contributed by atoms with Crippen molar-refractivity contribution in [3.8, 4) is 0 Å². The summed E-state index contributed by atoms with van der Waals surface area (Å²) >= 11 is 0. The van der Waals surface area contributed by atoms with Gasteiger partial charge in [0.05, 0.1) is 0 Å². The van der Waals surface area contributed by atoms with Gasteiger partial charge in [-0.25, -0.2) is 4.79 Å². The third-order valence-corrected chi connectivity index (χ3v) is 1.95. The van der Waals surface area contributed by atoms with E-state index in [1.54, 1.807) is 31.2 Å². The molecule has 0 fully saturated rings. The van der Waals surface area contributed by atoms with Crippen molar-refractivity contribution in [3.63, 3.8) is 0 Å². The summed E-state index contributed by atoms with van der Waals surface area (Å²) in [6, 6.07) is 8.67. The highest BCUT2D eigenvalue weighted by atomic mass is 16.7. The Morgan fingerprint density at radius 1 is 1.29 bits per heavy atom. The number of hydrogen-bond acceptors (Lipinski definition) is 4. The summed E-state index contributed by atoms with van der Waals surface area (Å²) < 4.78 is 0. The molecule has 0 aliphatic heterocycles. The van der Waals surface area contributed by atoms with E-state index in [0.717, 1.165) is 0 Å². The monoisotopic (exact) mass is 234 g/mol. The van der Waals surface area contributed by atoms with E-state index in [1.165, 1.54) is 6.92 Å². The van der Waals surface area contributed by atoms with E-state index >= 15 is 0 Å². The minimum absolute atomic E-state index is 0.127. The number of oxime groups is 1. The Hall–Kier alpha value is -2.17. The van der Waals surface area contributed by atoms with Gasteiger partial charge >= 0.3 is 6.09 Å². The van der Waals surface area contributed by atoms with Crippen molar-refractivity contribution in [3.05, 3.63) is 35.9 Å². The first-order valence-electron chi connectivity index (χ1n) is 5.24. The maximum atomic E-state index is 11.8. The number of ketones is 1. The smallest absolute Gasteiger partial charge is 0.320 e. The van der Waals surface area contributed by atoms with Crippen LogP contribution in [-0.4, -0.2) is 24.1 Å². The highest BCUT2D eigenvalue weighted by molar-refractivity contribution is 6.45. The van der Waals surface area contributed by atoms with Crippen LogP contribution >= 0.6 is 0 Å². The second kappa shape index (κ2) is 6.42. The number of nitrogens with zero attached hydrogens (tertiary/aromatic N) is 1. The fourth-order valence-electron chi connectivity index (χ4n) is 1.13. The van der Waals surface area contributed by atoms with Gasteiger partial charge in [-0.15, -0.1) is 0 Å². The van der Waals surface area contributed by atoms with E-state index in [9.17, 15) is 9.59 Å². The van der Waals surface area contributed by atoms with Crippen LogP contribution < -0.4 is 5.32 Å². The minimum atomic E-state index is -0.673. The molecule has 0 heterocycles. The molecule has 17 heavy (non-hydrogen) atoms. The predicted octanol–water partition coefficient (Wildman–Crippen LogP) is 1.99. The Morgan fingerprint density at radius 3 is 2.53 bits per heavy atom. The van der Waals surface area contributed by atoms with Crippen LogP contribution in [0.2, 0.25) is 0 Å². The Kier molecular flexibility index (Phi) is 4.87. The molecular formula is C12H14N2O3. The van der Waals surface area contributed by atoms with Gasteiger partial charge in [-0.2, -0.15) is 0 Å². The molecule has 0 saturated heterocycles. The number of rotatable bonds is 4. The lowest BCUT2D eigenvalue weighted by Crippen LogP contribution is -2.23. The molecule has 0 unspecified atom stereocenters. The molecule has 0 radical (unpaired) electrons. The summed E-state index contributed by atoms with van der Waals surface area (Å²) in [5.41, 5.74) is 0.635. The lowest BCUT2D eigenvalue weighted by Gasteiger charge is -2.01. The first-order valence-corrected chi connectivity index (χ1v) is 5.24. The first-order chi connectivity index (χ1) is 8.15. The fourth-order valence-corrected chi connectivity index (χ4v) is 1.13. The highest BCUT2D eigenvalue weighted by Gasteiger charge is 2.10. The average molecular weight is 234 g/mol. The van der Waals surface area contributed by atoms with Gasteiger partial charge in [0.1, 0.15) is 5.71 Å². The fraction of sp³-hybridized carbons (Fsp3) is 0.250. The van der Waals surface area contributed by atoms with Crippen molar-refractivity contribution < 1.29 is 14.4 Å². The van der Waals surface area contributed by atoms with Crippen LogP contribution in [0.1, 0.15) is 24.2 Å². The maximum Gasteiger partial charge on any atom is 0.433 e. The topological polar surface area (TPSA) is 67.8 Å². The van der Waals surface area contributed by atoms with Gasteiger partial charge in [-0.05, 0) is 13.8 Å². The largest absolute Gasteiger partial charge is 0.433 e. The molecule has 0 aromatic heterocycles. The zero-order chi connectivity index (χ0) is 12.7. The van der Waals surface area contributed by atoms with E-state index in [1.807, 2.05) is 6.07 Å². The van der Waals surface area contributed by atoms with Gasteiger partial charge < -0.3 is 5.32 Å². The molecule has 0 saturated carbocycles. The summed E-state index contributed by atoms with van der Waals surface area (Å²) in [5, 5.41) is 5.87. The van der Waals surface area contributed by atoms with Gasteiger partial charge in [0.25, 0.3) is 0 Å². The number of Topliss-reactive ketones (excluding diaryl/α,β-unsaturated/α-hetero) is 1. The number of amides is 1. The van der Waals surface area contributed by atoms with E-state index in [0.29, 0.717) is 12.1 Å². The molecule has 0 aliphatic rings. The van der Waals surface area contributed by atoms with Crippen molar-refractivity contribution in [2.75, 3.05) is 6.54 Å². The molecule has 0 spiro atoms. The molecule has 0 aliphatic carbocycles. The van der Waals surface area contributed by atoms with Crippen molar-refractivity contribution in [1.29, 1.82) is 0 Å². The van der Waals surface area contributed by atoms with E-state index < -0.39 is 6.09 Å². The van der Waals surface area contributed by atoms with Crippen LogP contribution in [0.3, 0.4) is 0 Å². The highest BCUT2D eigenvalue weighted by Crippen LogP contribution is 2.01. The van der Waals surface area contributed by atoms with Crippen LogP contribution in [0, 0.1) is 0 Å². The van der Waals surface area contributed by atoms with Crippen LogP contribution in [0.25, 0.3) is 0 Å². The van der Waals surface area contributed by atoms with Crippen molar-refractivity contribution in [2.45, 2.75) is 13.8 Å². The van der Waals surface area contributed by atoms with Crippen molar-refractivity contribution in [1.82, 2.24) is 5.32 Å². The lowest BCUT2D eigenvalue weighted by atomic mass is 10.1. The number of carbonyl (C=O) groups is 2. The van der Waals surface area contributed by atoms with E-state index in [4.69, 9.17) is 0 Å². The second-order valence-electron chi connectivity index (χ2n) is 3.28. The third kappa shape index (κ3) is 4.06. The minimum Gasteiger partial charge on any atom is -0.320 e. The molecule has 1 amide bonds. The SMILES string of the molecule is CCNC(=O)O/N=C(/C)C(=O)c1ccccc1. The molecular weight excluding hydrogens is 220 g/mol. The van der Waals surface area contributed by atoms with Gasteiger partial charge in [-0.3, -0.25) is 9.63 Å². The Morgan fingerprint density at radius 2 is 1.94 bits per heavy atom. The lowest BCUT2D eigenvalue weighted by molar-refractivity contribution is 0.105. The molecule has 5 nitrogen and oxygen atoms in total. The standard InChI is InChI=1S/C12H14N2O3/c1-3-13-12(16)17-14-9(2)11(15)10-7-5-4-6-8-10/h4-8H,3H2,1-2H3,(H,13,16)/b14-9-. The quantitative estimate of drug-likeness (QED) is 0.375. The molecule has 0 bridgehead atoms. The van der Waals surface area contributed by atoms with Crippen LogP contribution in [-0.2, 0) is 4.84 Å². The van der Waals surface area contributed by atoms with Crippen molar-refractivity contribution in [2.24, 2.45) is 5.16 Å². The Bertz CT molecular complexity index is 427. The zero-order valence-electron chi connectivity index (χ0n) is 9.77. The van der Waals surface area contributed by atoms with Gasteiger partial charge in [0, 0.05) is 12.1 Å². The predicted molar refractivity (Wildman–Crippen MR) is 64.0 cm³/mol. The van der Waals surface area contributed by atoms with E-state index in [-0.39, 0.29) is 11.5 Å². The number of carbonyl (C=O) groups excluding carboxylic acids is 2. The number of hydrogen-bond donors (Lipinski definition) is 1. The molecule has 90 valence electrons. The maximum absolute atomic E-state index is 11.8. The zero-order valence-corrected chi connectivity index (χ0v) is 9.77. The molecule has 1 N–H and O–H groups in total. The summed E-state index contributed by atoms with van der Waals surface area (Å²) in [6.07, 6.45) is -0.673. The van der Waals surface area contributed by atoms with Crippen LogP contribution in [0.5, 0.6) is 0 Å². The Balaban J connectivity index is 2.64. The molecule has 1 aromatic rings. The average Bonchev–Trinajstić information content (AvgIpc) is 2.36. The van der Waals surface area contributed by atoms with Gasteiger partial charge in [-0.1, -0.05) is 35.5 Å².